The first-order valence-corrected chi connectivity index (χ1v) is 19.5. The van der Waals surface area contributed by atoms with E-state index in [0.29, 0.717) is 56.8 Å². The third-order valence-corrected chi connectivity index (χ3v) is 9.54. The van der Waals surface area contributed by atoms with Crippen molar-refractivity contribution < 1.29 is 51.4 Å². The fraction of sp³-hybridized carbons (Fsp3) is 0.487. The van der Waals surface area contributed by atoms with Crippen LogP contribution in [0.2, 0.25) is 0 Å². The summed E-state index contributed by atoms with van der Waals surface area (Å²) >= 11 is 0. The molecule has 0 saturated carbocycles. The Hall–Kier alpha value is -3.77. The van der Waals surface area contributed by atoms with Crippen LogP contribution in [0, 0.1) is 0 Å². The van der Waals surface area contributed by atoms with Gasteiger partial charge in [0.05, 0.1) is 26.4 Å². The molecule has 0 radical (unpaired) electrons. The molecule has 284 valence electrons. The van der Waals surface area contributed by atoms with Crippen LogP contribution in [0.1, 0.15) is 69.9 Å². The van der Waals surface area contributed by atoms with Crippen molar-refractivity contribution in [3.63, 3.8) is 0 Å². The summed E-state index contributed by atoms with van der Waals surface area (Å²) in [6.45, 7) is 4.40. The molecular formula is C39H52NO11P. The highest BCUT2D eigenvalue weighted by atomic mass is 31.2. The molecule has 13 heteroatoms. The number of esters is 2. The molecular weight excluding hydrogens is 689 g/mol. The van der Waals surface area contributed by atoms with E-state index in [-0.39, 0.29) is 26.2 Å². The van der Waals surface area contributed by atoms with Crippen molar-refractivity contribution in [1.29, 1.82) is 0 Å². The average molecular weight is 742 g/mol. The zero-order chi connectivity index (χ0) is 37.0. The molecule has 1 saturated heterocycles. The van der Waals surface area contributed by atoms with Crippen LogP contribution in [0.5, 0.6) is 17.2 Å². The Morgan fingerprint density at radius 1 is 0.904 bits per heavy atom. The lowest BCUT2D eigenvalue weighted by Crippen LogP contribution is -2.41. The van der Waals surface area contributed by atoms with E-state index in [2.05, 4.69) is 0 Å². The van der Waals surface area contributed by atoms with E-state index in [0.717, 1.165) is 29.7 Å². The minimum atomic E-state index is -4.14. The van der Waals surface area contributed by atoms with E-state index in [1.807, 2.05) is 92.7 Å². The molecule has 1 unspecified atom stereocenters. The molecule has 52 heavy (non-hydrogen) atoms. The van der Waals surface area contributed by atoms with Gasteiger partial charge in [-0.2, -0.15) is 0 Å². The van der Waals surface area contributed by atoms with Crippen molar-refractivity contribution in [2.45, 2.75) is 90.1 Å². The van der Waals surface area contributed by atoms with Crippen molar-refractivity contribution in [3.8, 4) is 17.2 Å². The molecule has 1 fully saturated rings. The van der Waals surface area contributed by atoms with Crippen molar-refractivity contribution in [2.24, 2.45) is 5.73 Å². The summed E-state index contributed by atoms with van der Waals surface area (Å²) in [5.74, 6) is 1.06. The quantitative estimate of drug-likeness (QED) is 0.0576. The summed E-state index contributed by atoms with van der Waals surface area (Å²) < 4.78 is 59.1. The molecule has 1 heterocycles. The number of hydrogen-bond donors (Lipinski definition) is 1. The SMILES string of the molecule is CCCCOC(=O)[C@@H](N)COP(=O)(OCCCC)OC[C@H]1OCCC[C@@H]1OC(=O)CCc1ccccc1OCc1cccc(Oc2ccccc2)c1. The Balaban J connectivity index is 1.28. The van der Waals surface area contributed by atoms with E-state index in [1.165, 1.54) is 0 Å². The minimum Gasteiger partial charge on any atom is -0.489 e. The Kier molecular flexibility index (Phi) is 17.6. The third-order valence-electron chi connectivity index (χ3n) is 8.11. The highest BCUT2D eigenvalue weighted by Gasteiger charge is 2.35. The maximum atomic E-state index is 13.5. The van der Waals surface area contributed by atoms with Gasteiger partial charge >= 0.3 is 19.8 Å². The number of phosphoric acid groups is 1. The maximum absolute atomic E-state index is 13.5. The summed E-state index contributed by atoms with van der Waals surface area (Å²) in [7, 11) is -4.14. The van der Waals surface area contributed by atoms with Gasteiger partial charge in [0, 0.05) is 13.0 Å². The number of ether oxygens (including phenoxy) is 5. The zero-order valence-electron chi connectivity index (χ0n) is 30.2. The Morgan fingerprint density at radius 2 is 1.65 bits per heavy atom. The smallest absolute Gasteiger partial charge is 0.474 e. The number of nitrogens with two attached hydrogens (primary N) is 1. The molecule has 0 aliphatic carbocycles. The van der Waals surface area contributed by atoms with Gasteiger partial charge in [-0.15, -0.1) is 0 Å². The topological polar surface area (TPSA) is 151 Å². The monoisotopic (exact) mass is 741 g/mol. The number of benzene rings is 3. The first-order chi connectivity index (χ1) is 25.3. The number of hydrogen-bond acceptors (Lipinski definition) is 12. The van der Waals surface area contributed by atoms with Gasteiger partial charge in [0.25, 0.3) is 0 Å². The van der Waals surface area contributed by atoms with Gasteiger partial charge in [-0.3, -0.25) is 23.2 Å². The molecule has 4 rings (SSSR count). The number of rotatable bonds is 23. The summed E-state index contributed by atoms with van der Waals surface area (Å²) in [5.41, 5.74) is 7.71. The van der Waals surface area contributed by atoms with E-state index < -0.39 is 44.6 Å². The van der Waals surface area contributed by atoms with Crippen LogP contribution < -0.4 is 15.2 Å². The normalized spacial score (nSPS) is 17.4. The molecule has 1 aliphatic rings. The fourth-order valence-corrected chi connectivity index (χ4v) is 6.41. The first-order valence-electron chi connectivity index (χ1n) is 18.1. The molecule has 2 N–H and O–H groups in total. The molecule has 1 aliphatic heterocycles. The molecule has 4 atom stereocenters. The summed E-state index contributed by atoms with van der Waals surface area (Å²) in [6, 6.07) is 23.7. The number of phosphoric ester groups is 1. The van der Waals surface area contributed by atoms with Crippen LogP contribution in [0.25, 0.3) is 0 Å². The van der Waals surface area contributed by atoms with E-state index >= 15 is 0 Å². The maximum Gasteiger partial charge on any atom is 0.474 e. The Labute approximate surface area is 306 Å². The van der Waals surface area contributed by atoms with Gasteiger partial charge < -0.3 is 29.4 Å². The van der Waals surface area contributed by atoms with Gasteiger partial charge in [0.1, 0.15) is 42.1 Å². The Bertz CT molecular complexity index is 1560. The third kappa shape index (κ3) is 14.3. The fourth-order valence-electron chi connectivity index (χ4n) is 5.16. The predicted molar refractivity (Wildman–Crippen MR) is 195 cm³/mol. The van der Waals surface area contributed by atoms with Gasteiger partial charge in [0.2, 0.25) is 0 Å². The lowest BCUT2D eigenvalue weighted by atomic mass is 10.1. The van der Waals surface area contributed by atoms with E-state index in [1.54, 1.807) is 0 Å². The summed E-state index contributed by atoms with van der Waals surface area (Å²) in [4.78, 5) is 25.3. The van der Waals surface area contributed by atoms with Gasteiger partial charge in [-0.1, -0.05) is 75.2 Å². The summed E-state index contributed by atoms with van der Waals surface area (Å²) in [5, 5.41) is 0. The second-order valence-electron chi connectivity index (χ2n) is 12.4. The van der Waals surface area contributed by atoms with Crippen LogP contribution in [0.15, 0.2) is 78.9 Å². The molecule has 0 bridgehead atoms. The molecule has 0 aromatic heterocycles. The zero-order valence-corrected chi connectivity index (χ0v) is 31.0. The molecule has 3 aromatic rings. The lowest BCUT2D eigenvalue weighted by molar-refractivity contribution is -0.166. The van der Waals surface area contributed by atoms with Crippen LogP contribution >= 0.6 is 7.82 Å². The molecule has 0 amide bonds. The number of carbonyl (C=O) groups is 2. The van der Waals surface area contributed by atoms with Gasteiger partial charge in [0.15, 0.2) is 0 Å². The largest absolute Gasteiger partial charge is 0.489 e. The standard InChI is InChI=1S/C39H52NO11P/c1-3-5-23-45-39(42)34(40)28-48-52(43,47-25-6-4-2)49-29-37-36(20-13-24-44-37)51-38(41)22-21-31-15-10-11-19-35(31)46-27-30-14-12-18-33(26-30)50-32-16-8-7-9-17-32/h7-12,14-19,26,34,36-37H,3-6,13,20-25,27-29,40H2,1-2H3/t34-,36-,37+,52?/m0/s1. The lowest BCUT2D eigenvalue weighted by Gasteiger charge is -2.32. The first kappa shape index (κ1) is 41.0. The minimum absolute atomic E-state index is 0.110. The highest BCUT2D eigenvalue weighted by molar-refractivity contribution is 7.48. The van der Waals surface area contributed by atoms with Gasteiger partial charge in [-0.25, -0.2) is 4.57 Å². The van der Waals surface area contributed by atoms with E-state index in [4.69, 9.17) is 43.0 Å². The molecule has 0 spiro atoms. The highest BCUT2D eigenvalue weighted by Crippen LogP contribution is 2.50. The van der Waals surface area contributed by atoms with Crippen LogP contribution in [0.4, 0.5) is 0 Å². The number of aryl methyl sites for hydroxylation is 1. The van der Waals surface area contributed by atoms with Crippen molar-refractivity contribution in [1.82, 2.24) is 0 Å². The summed E-state index contributed by atoms with van der Waals surface area (Å²) in [6.07, 6.45) is 3.38. The van der Waals surface area contributed by atoms with Gasteiger partial charge in [-0.05, 0) is 73.6 Å². The van der Waals surface area contributed by atoms with Crippen LogP contribution in [-0.4, -0.2) is 63.2 Å². The predicted octanol–water partition coefficient (Wildman–Crippen LogP) is 7.71. The number of carbonyl (C=O) groups excluding carboxylic acids is 2. The number of para-hydroxylation sites is 2. The average Bonchev–Trinajstić information content (AvgIpc) is 3.16. The second-order valence-corrected chi connectivity index (χ2v) is 14.1. The molecule has 12 nitrogen and oxygen atoms in total. The second kappa shape index (κ2) is 22.3. The van der Waals surface area contributed by atoms with Crippen LogP contribution in [0.3, 0.4) is 0 Å². The van der Waals surface area contributed by atoms with Crippen molar-refractivity contribution in [2.75, 3.05) is 33.0 Å². The van der Waals surface area contributed by atoms with Crippen molar-refractivity contribution in [3.05, 3.63) is 90.0 Å². The number of unbranched alkanes of at least 4 members (excludes halogenated alkanes) is 2. The van der Waals surface area contributed by atoms with Crippen LogP contribution in [-0.2, 0) is 55.0 Å². The van der Waals surface area contributed by atoms with E-state index in [9.17, 15) is 14.2 Å². The van der Waals surface area contributed by atoms with Crippen molar-refractivity contribution >= 4 is 19.8 Å². The molecule has 3 aromatic carbocycles. The Morgan fingerprint density at radius 3 is 2.46 bits per heavy atom.